The summed E-state index contributed by atoms with van der Waals surface area (Å²) in [5, 5.41) is 3.51. The normalized spacial score (nSPS) is 12.0. The van der Waals surface area contributed by atoms with E-state index in [2.05, 4.69) is 5.32 Å². The molecule has 5 heteroatoms. The van der Waals surface area contributed by atoms with Gasteiger partial charge in [0.15, 0.2) is 0 Å². The number of benzene rings is 1. The van der Waals surface area contributed by atoms with E-state index in [1.807, 2.05) is 26.0 Å². The predicted molar refractivity (Wildman–Crippen MR) is 82.2 cm³/mol. The number of carbonyl (C=O) groups is 1. The molecule has 0 spiro atoms. The molecular weight excluding hydrogens is 276 g/mol. The number of rotatable bonds is 8. The molecule has 1 rings (SSSR count). The monoisotopic (exact) mass is 298 g/mol. The van der Waals surface area contributed by atoms with Crippen LogP contribution in [-0.2, 0) is 11.2 Å². The van der Waals surface area contributed by atoms with Gasteiger partial charge in [0.1, 0.15) is 5.75 Å². The summed E-state index contributed by atoms with van der Waals surface area (Å²) in [6.45, 7) is 5.07. The van der Waals surface area contributed by atoms with Crippen molar-refractivity contribution in [2.45, 2.75) is 39.2 Å². The molecule has 1 unspecified atom stereocenters. The van der Waals surface area contributed by atoms with Gasteiger partial charge in [-0.15, -0.1) is 0 Å². The molecule has 0 aromatic heterocycles. The third-order valence-electron chi connectivity index (χ3n) is 2.95. The first-order valence-electron chi connectivity index (χ1n) is 7.03. The van der Waals surface area contributed by atoms with Gasteiger partial charge in [-0.3, -0.25) is 4.79 Å². The first-order chi connectivity index (χ1) is 9.58. The molecule has 0 saturated carbocycles. The lowest BCUT2D eigenvalue weighted by Gasteiger charge is -2.13. The topological polar surface area (TPSA) is 64.4 Å². The Morgan fingerprint density at radius 3 is 2.85 bits per heavy atom. The highest BCUT2D eigenvalue weighted by molar-refractivity contribution is 6.30. The number of hydrogen-bond donors (Lipinski definition) is 2. The van der Waals surface area contributed by atoms with Crippen LogP contribution >= 0.6 is 11.6 Å². The van der Waals surface area contributed by atoms with Gasteiger partial charge < -0.3 is 15.8 Å². The lowest BCUT2D eigenvalue weighted by Crippen LogP contribution is -2.41. The van der Waals surface area contributed by atoms with Crippen LogP contribution in [-0.4, -0.2) is 25.1 Å². The van der Waals surface area contributed by atoms with Crippen LogP contribution in [0, 0.1) is 0 Å². The Morgan fingerprint density at radius 2 is 2.20 bits per heavy atom. The summed E-state index contributed by atoms with van der Waals surface area (Å²) in [7, 11) is 0. The van der Waals surface area contributed by atoms with Gasteiger partial charge in [0.25, 0.3) is 0 Å². The molecule has 0 aliphatic heterocycles. The molecule has 0 bridgehead atoms. The molecule has 1 atom stereocenters. The maximum Gasteiger partial charge on any atom is 0.236 e. The van der Waals surface area contributed by atoms with Crippen molar-refractivity contribution in [3.8, 4) is 5.75 Å². The van der Waals surface area contributed by atoms with Crippen LogP contribution in [0.25, 0.3) is 0 Å². The van der Waals surface area contributed by atoms with Gasteiger partial charge in [-0.05, 0) is 43.5 Å². The Hall–Kier alpha value is -1.26. The SMILES string of the molecule is CCCC(N)C(=O)NCCc1cc(Cl)ccc1OCC. The van der Waals surface area contributed by atoms with E-state index in [-0.39, 0.29) is 5.91 Å². The van der Waals surface area contributed by atoms with Crippen molar-refractivity contribution >= 4 is 17.5 Å². The van der Waals surface area contributed by atoms with Crippen molar-refractivity contribution in [3.63, 3.8) is 0 Å². The molecule has 0 aliphatic rings. The number of halogens is 1. The Labute approximate surface area is 125 Å². The third kappa shape index (κ3) is 5.39. The van der Waals surface area contributed by atoms with Crippen molar-refractivity contribution < 1.29 is 9.53 Å². The number of nitrogens with one attached hydrogen (secondary N) is 1. The molecule has 20 heavy (non-hydrogen) atoms. The van der Waals surface area contributed by atoms with Gasteiger partial charge in [0, 0.05) is 11.6 Å². The molecule has 0 fully saturated rings. The largest absolute Gasteiger partial charge is 0.494 e. The second-order valence-corrected chi connectivity index (χ2v) is 5.06. The quantitative estimate of drug-likeness (QED) is 0.775. The summed E-state index contributed by atoms with van der Waals surface area (Å²) >= 11 is 5.99. The summed E-state index contributed by atoms with van der Waals surface area (Å²) in [6.07, 6.45) is 2.27. The molecule has 1 amide bonds. The van der Waals surface area contributed by atoms with Gasteiger partial charge in [-0.25, -0.2) is 0 Å². The molecule has 0 saturated heterocycles. The van der Waals surface area contributed by atoms with Gasteiger partial charge in [0.05, 0.1) is 12.6 Å². The van der Waals surface area contributed by atoms with Crippen molar-refractivity contribution in [3.05, 3.63) is 28.8 Å². The molecule has 1 aromatic carbocycles. The lowest BCUT2D eigenvalue weighted by molar-refractivity contribution is -0.122. The lowest BCUT2D eigenvalue weighted by atomic mass is 10.1. The Morgan fingerprint density at radius 1 is 1.45 bits per heavy atom. The van der Waals surface area contributed by atoms with E-state index >= 15 is 0 Å². The van der Waals surface area contributed by atoms with Crippen molar-refractivity contribution in [1.29, 1.82) is 0 Å². The minimum absolute atomic E-state index is 0.105. The average Bonchev–Trinajstić information content (AvgIpc) is 2.42. The standard InChI is InChI=1S/C15H23ClN2O2/c1-3-5-13(17)15(19)18-9-8-11-10-12(16)6-7-14(11)20-4-2/h6-7,10,13H,3-5,8-9,17H2,1-2H3,(H,18,19). The molecule has 4 nitrogen and oxygen atoms in total. The van der Waals surface area contributed by atoms with Crippen LogP contribution in [0.2, 0.25) is 5.02 Å². The second-order valence-electron chi connectivity index (χ2n) is 4.62. The average molecular weight is 299 g/mol. The molecule has 0 aliphatic carbocycles. The fraction of sp³-hybridized carbons (Fsp3) is 0.533. The first kappa shape index (κ1) is 16.8. The zero-order chi connectivity index (χ0) is 15.0. The van der Waals surface area contributed by atoms with Crippen molar-refractivity contribution in [2.24, 2.45) is 5.73 Å². The smallest absolute Gasteiger partial charge is 0.236 e. The van der Waals surface area contributed by atoms with Crippen LogP contribution < -0.4 is 15.8 Å². The number of carbonyl (C=O) groups excluding carboxylic acids is 1. The van der Waals surface area contributed by atoms with Gasteiger partial charge in [-0.2, -0.15) is 0 Å². The van der Waals surface area contributed by atoms with E-state index in [0.717, 1.165) is 17.7 Å². The minimum atomic E-state index is -0.425. The highest BCUT2D eigenvalue weighted by Gasteiger charge is 2.12. The fourth-order valence-electron chi connectivity index (χ4n) is 1.93. The van der Waals surface area contributed by atoms with E-state index in [4.69, 9.17) is 22.1 Å². The van der Waals surface area contributed by atoms with Gasteiger partial charge in [0.2, 0.25) is 5.91 Å². The van der Waals surface area contributed by atoms with E-state index < -0.39 is 6.04 Å². The number of hydrogen-bond acceptors (Lipinski definition) is 3. The summed E-state index contributed by atoms with van der Waals surface area (Å²) in [5.74, 6) is 0.704. The van der Waals surface area contributed by atoms with E-state index in [0.29, 0.717) is 31.0 Å². The van der Waals surface area contributed by atoms with E-state index in [1.54, 1.807) is 6.07 Å². The Bertz CT molecular complexity index is 438. The van der Waals surface area contributed by atoms with Crippen LogP contribution in [0.4, 0.5) is 0 Å². The number of amides is 1. The van der Waals surface area contributed by atoms with Gasteiger partial charge in [-0.1, -0.05) is 24.9 Å². The van der Waals surface area contributed by atoms with E-state index in [1.165, 1.54) is 0 Å². The maximum absolute atomic E-state index is 11.7. The van der Waals surface area contributed by atoms with Crippen molar-refractivity contribution in [1.82, 2.24) is 5.32 Å². The second kappa shape index (κ2) is 8.82. The highest BCUT2D eigenvalue weighted by atomic mass is 35.5. The third-order valence-corrected chi connectivity index (χ3v) is 3.19. The maximum atomic E-state index is 11.7. The summed E-state index contributed by atoms with van der Waals surface area (Å²) in [6, 6.07) is 5.09. The molecule has 112 valence electrons. The molecule has 1 aromatic rings. The minimum Gasteiger partial charge on any atom is -0.494 e. The fourth-order valence-corrected chi connectivity index (χ4v) is 2.13. The first-order valence-corrected chi connectivity index (χ1v) is 7.40. The Balaban J connectivity index is 2.52. The predicted octanol–water partition coefficient (Wildman–Crippen LogP) is 2.52. The highest BCUT2D eigenvalue weighted by Crippen LogP contribution is 2.23. The molecule has 0 radical (unpaired) electrons. The molecular formula is C15H23ClN2O2. The molecule has 0 heterocycles. The van der Waals surface area contributed by atoms with Crippen LogP contribution in [0.15, 0.2) is 18.2 Å². The van der Waals surface area contributed by atoms with Crippen LogP contribution in [0.3, 0.4) is 0 Å². The zero-order valence-electron chi connectivity index (χ0n) is 12.1. The van der Waals surface area contributed by atoms with Crippen LogP contribution in [0.1, 0.15) is 32.3 Å². The summed E-state index contributed by atoms with van der Waals surface area (Å²) < 4.78 is 5.54. The van der Waals surface area contributed by atoms with Crippen LogP contribution in [0.5, 0.6) is 5.75 Å². The summed E-state index contributed by atoms with van der Waals surface area (Å²) in [4.78, 5) is 11.7. The van der Waals surface area contributed by atoms with Gasteiger partial charge >= 0.3 is 0 Å². The molecule has 3 N–H and O–H groups in total. The summed E-state index contributed by atoms with van der Waals surface area (Å²) in [5.41, 5.74) is 6.74. The number of ether oxygens (including phenoxy) is 1. The van der Waals surface area contributed by atoms with E-state index in [9.17, 15) is 4.79 Å². The zero-order valence-corrected chi connectivity index (χ0v) is 12.9. The van der Waals surface area contributed by atoms with Crippen molar-refractivity contribution in [2.75, 3.05) is 13.2 Å². The number of nitrogens with two attached hydrogens (primary N) is 1. The Kier molecular flexibility index (Phi) is 7.41.